The molecule has 2 unspecified atom stereocenters. The molecule has 0 aromatic carbocycles. The molecule has 1 aliphatic rings. The maximum absolute atomic E-state index is 12.1. The first-order chi connectivity index (χ1) is 7.61. The Kier molecular flexibility index (Phi) is 5.18. The minimum absolute atomic E-state index is 0.128. The van der Waals surface area contributed by atoms with E-state index in [9.17, 15) is 4.79 Å². The molecule has 0 aromatic heterocycles. The number of rotatable bonds is 4. The standard InChI is InChI=1S/C11H23N3O2/c1-9-4-5-14(6-7-16-3)10(8-12)11(15)13(9)2/h9-10H,4-8,12H2,1-3H3. The molecule has 1 saturated heterocycles. The molecular weight excluding hydrogens is 206 g/mol. The van der Waals surface area contributed by atoms with Crippen molar-refractivity contribution in [3.63, 3.8) is 0 Å². The molecule has 0 aromatic rings. The highest BCUT2D eigenvalue weighted by Gasteiger charge is 2.32. The lowest BCUT2D eigenvalue weighted by Gasteiger charge is -2.28. The van der Waals surface area contributed by atoms with Gasteiger partial charge in [0.15, 0.2) is 0 Å². The Labute approximate surface area is 97.5 Å². The second-order valence-electron chi connectivity index (χ2n) is 4.37. The van der Waals surface area contributed by atoms with E-state index in [1.165, 1.54) is 0 Å². The number of nitrogens with two attached hydrogens (primary N) is 1. The van der Waals surface area contributed by atoms with Crippen LogP contribution in [0.15, 0.2) is 0 Å². The highest BCUT2D eigenvalue weighted by Crippen LogP contribution is 2.14. The second kappa shape index (κ2) is 6.18. The number of likely N-dealkylation sites (N-methyl/N-ethyl adjacent to an activating group) is 1. The van der Waals surface area contributed by atoms with Crippen LogP contribution in [0.25, 0.3) is 0 Å². The van der Waals surface area contributed by atoms with Gasteiger partial charge >= 0.3 is 0 Å². The van der Waals surface area contributed by atoms with Gasteiger partial charge in [-0.1, -0.05) is 0 Å². The van der Waals surface area contributed by atoms with Crippen molar-refractivity contribution in [1.82, 2.24) is 9.80 Å². The summed E-state index contributed by atoms with van der Waals surface area (Å²) in [7, 11) is 3.53. The third-order valence-corrected chi connectivity index (χ3v) is 3.37. The van der Waals surface area contributed by atoms with Crippen LogP contribution in [0, 0.1) is 0 Å². The molecule has 2 atom stereocenters. The lowest BCUT2D eigenvalue weighted by Crippen LogP contribution is -2.50. The summed E-state index contributed by atoms with van der Waals surface area (Å²) < 4.78 is 5.06. The number of carbonyl (C=O) groups is 1. The van der Waals surface area contributed by atoms with Crippen LogP contribution in [-0.2, 0) is 9.53 Å². The van der Waals surface area contributed by atoms with E-state index in [0.29, 0.717) is 13.2 Å². The van der Waals surface area contributed by atoms with Gasteiger partial charge in [-0.15, -0.1) is 0 Å². The largest absolute Gasteiger partial charge is 0.383 e. The summed E-state index contributed by atoms with van der Waals surface area (Å²) in [5.74, 6) is 0.128. The fourth-order valence-electron chi connectivity index (χ4n) is 2.04. The number of carbonyl (C=O) groups excluding carboxylic acids is 1. The summed E-state index contributed by atoms with van der Waals surface area (Å²) in [5.41, 5.74) is 5.70. The van der Waals surface area contributed by atoms with Crippen LogP contribution >= 0.6 is 0 Å². The van der Waals surface area contributed by atoms with Crippen molar-refractivity contribution in [3.8, 4) is 0 Å². The predicted octanol–water partition coefficient (Wildman–Crippen LogP) is -0.487. The van der Waals surface area contributed by atoms with Gasteiger partial charge in [-0.3, -0.25) is 9.69 Å². The highest BCUT2D eigenvalue weighted by molar-refractivity contribution is 5.82. The van der Waals surface area contributed by atoms with Crippen LogP contribution in [-0.4, -0.2) is 68.2 Å². The first-order valence-corrected chi connectivity index (χ1v) is 5.81. The zero-order valence-electron chi connectivity index (χ0n) is 10.5. The highest BCUT2D eigenvalue weighted by atomic mass is 16.5. The Morgan fingerprint density at radius 2 is 2.25 bits per heavy atom. The third kappa shape index (κ3) is 2.93. The molecule has 2 N–H and O–H groups in total. The molecule has 0 aliphatic carbocycles. The van der Waals surface area contributed by atoms with E-state index in [1.807, 2.05) is 11.9 Å². The fourth-order valence-corrected chi connectivity index (χ4v) is 2.04. The van der Waals surface area contributed by atoms with Gasteiger partial charge in [0, 0.05) is 39.8 Å². The minimum atomic E-state index is -0.190. The van der Waals surface area contributed by atoms with Gasteiger partial charge in [0.1, 0.15) is 6.04 Å². The Morgan fingerprint density at radius 3 is 2.81 bits per heavy atom. The first-order valence-electron chi connectivity index (χ1n) is 5.81. The van der Waals surface area contributed by atoms with Crippen LogP contribution < -0.4 is 5.73 Å². The van der Waals surface area contributed by atoms with Crippen molar-refractivity contribution in [1.29, 1.82) is 0 Å². The molecule has 5 heteroatoms. The van der Waals surface area contributed by atoms with E-state index in [4.69, 9.17) is 10.5 Å². The zero-order chi connectivity index (χ0) is 12.1. The third-order valence-electron chi connectivity index (χ3n) is 3.37. The van der Waals surface area contributed by atoms with E-state index >= 15 is 0 Å². The molecule has 1 rings (SSSR count). The molecule has 94 valence electrons. The van der Waals surface area contributed by atoms with Crippen LogP contribution in [0.5, 0.6) is 0 Å². The summed E-state index contributed by atoms with van der Waals surface area (Å²) >= 11 is 0. The Balaban J connectivity index is 2.72. The average molecular weight is 229 g/mol. The van der Waals surface area contributed by atoms with Gasteiger partial charge in [0.2, 0.25) is 5.91 Å². The molecule has 5 nitrogen and oxygen atoms in total. The molecule has 0 bridgehead atoms. The van der Waals surface area contributed by atoms with Crippen molar-refractivity contribution in [2.24, 2.45) is 5.73 Å². The van der Waals surface area contributed by atoms with Gasteiger partial charge in [0.25, 0.3) is 0 Å². The Hall–Kier alpha value is -0.650. The number of hydrogen-bond acceptors (Lipinski definition) is 4. The van der Waals surface area contributed by atoms with E-state index in [1.54, 1.807) is 7.11 Å². The number of nitrogens with zero attached hydrogens (tertiary/aromatic N) is 2. The van der Waals surface area contributed by atoms with Crippen molar-refractivity contribution in [2.75, 3.05) is 40.4 Å². The summed E-state index contributed by atoms with van der Waals surface area (Å²) in [6.45, 7) is 4.76. The predicted molar refractivity (Wildman–Crippen MR) is 63.1 cm³/mol. The lowest BCUT2D eigenvalue weighted by atomic mass is 10.2. The van der Waals surface area contributed by atoms with Crippen molar-refractivity contribution in [3.05, 3.63) is 0 Å². The van der Waals surface area contributed by atoms with Gasteiger partial charge in [0.05, 0.1) is 6.61 Å². The van der Waals surface area contributed by atoms with Crippen molar-refractivity contribution >= 4 is 5.91 Å². The van der Waals surface area contributed by atoms with Crippen molar-refractivity contribution in [2.45, 2.75) is 25.4 Å². The summed E-state index contributed by atoms with van der Waals surface area (Å²) in [5, 5.41) is 0. The minimum Gasteiger partial charge on any atom is -0.383 e. The number of methoxy groups -OCH3 is 1. The van der Waals surface area contributed by atoms with Gasteiger partial charge in [-0.2, -0.15) is 0 Å². The quantitative estimate of drug-likeness (QED) is 0.707. The molecule has 1 fully saturated rings. The molecule has 1 aliphatic heterocycles. The second-order valence-corrected chi connectivity index (χ2v) is 4.37. The van der Waals surface area contributed by atoms with Gasteiger partial charge in [-0.25, -0.2) is 0 Å². The van der Waals surface area contributed by atoms with Crippen LogP contribution in [0.1, 0.15) is 13.3 Å². The van der Waals surface area contributed by atoms with E-state index in [-0.39, 0.29) is 18.0 Å². The van der Waals surface area contributed by atoms with E-state index < -0.39 is 0 Å². The molecule has 0 radical (unpaired) electrons. The van der Waals surface area contributed by atoms with Gasteiger partial charge in [-0.05, 0) is 13.3 Å². The maximum Gasteiger partial charge on any atom is 0.241 e. The van der Waals surface area contributed by atoms with Crippen LogP contribution in [0.4, 0.5) is 0 Å². The van der Waals surface area contributed by atoms with Gasteiger partial charge < -0.3 is 15.4 Å². The molecule has 1 amide bonds. The topological polar surface area (TPSA) is 58.8 Å². The van der Waals surface area contributed by atoms with E-state index in [0.717, 1.165) is 19.5 Å². The molecule has 1 heterocycles. The van der Waals surface area contributed by atoms with Crippen LogP contribution in [0.2, 0.25) is 0 Å². The number of ether oxygens (including phenoxy) is 1. The lowest BCUT2D eigenvalue weighted by molar-refractivity contribution is -0.135. The van der Waals surface area contributed by atoms with E-state index in [2.05, 4.69) is 11.8 Å². The summed E-state index contributed by atoms with van der Waals surface area (Å²) in [6, 6.07) is 0.0965. The molecular formula is C11H23N3O2. The molecule has 0 saturated carbocycles. The SMILES string of the molecule is COCCN1CCC(C)N(C)C(=O)C1CN. The monoisotopic (exact) mass is 229 g/mol. The first kappa shape index (κ1) is 13.4. The normalized spacial score (nSPS) is 28.2. The molecule has 0 spiro atoms. The maximum atomic E-state index is 12.1. The summed E-state index contributed by atoms with van der Waals surface area (Å²) in [4.78, 5) is 16.1. The number of hydrogen-bond donors (Lipinski definition) is 1. The number of amides is 1. The Bertz CT molecular complexity index is 235. The molecule has 16 heavy (non-hydrogen) atoms. The smallest absolute Gasteiger partial charge is 0.241 e. The zero-order valence-corrected chi connectivity index (χ0v) is 10.5. The van der Waals surface area contributed by atoms with Crippen LogP contribution in [0.3, 0.4) is 0 Å². The Morgan fingerprint density at radius 1 is 1.56 bits per heavy atom. The fraction of sp³-hybridized carbons (Fsp3) is 0.909. The summed E-state index contributed by atoms with van der Waals surface area (Å²) in [6.07, 6.45) is 0.989. The van der Waals surface area contributed by atoms with Crippen molar-refractivity contribution < 1.29 is 9.53 Å². The average Bonchev–Trinajstić information content (AvgIpc) is 2.39.